The van der Waals surface area contributed by atoms with Gasteiger partial charge in [0, 0.05) is 18.1 Å². The van der Waals surface area contributed by atoms with E-state index < -0.39 is 23.3 Å². The number of hydrogen-bond donors (Lipinski definition) is 1. The van der Waals surface area contributed by atoms with E-state index in [-0.39, 0.29) is 5.69 Å². The number of aromatic nitrogens is 2. The second kappa shape index (κ2) is 8.63. The van der Waals surface area contributed by atoms with Gasteiger partial charge in [0.1, 0.15) is 0 Å². The van der Waals surface area contributed by atoms with Gasteiger partial charge in [-0.15, -0.1) is 0 Å². The van der Waals surface area contributed by atoms with Crippen LogP contribution in [0.1, 0.15) is 35.3 Å². The van der Waals surface area contributed by atoms with Crippen molar-refractivity contribution in [2.45, 2.75) is 25.4 Å². The zero-order valence-corrected chi connectivity index (χ0v) is 17.2. The van der Waals surface area contributed by atoms with Crippen LogP contribution in [-0.2, 0) is 6.18 Å². The van der Waals surface area contributed by atoms with Crippen molar-refractivity contribution < 1.29 is 18.0 Å². The van der Waals surface area contributed by atoms with Gasteiger partial charge >= 0.3 is 6.18 Å². The largest absolute Gasteiger partial charge is 0.434 e. The summed E-state index contributed by atoms with van der Waals surface area (Å²) in [6.07, 6.45) is -0.627. The molecule has 162 valence electrons. The van der Waals surface area contributed by atoms with Crippen LogP contribution in [-0.4, -0.2) is 28.8 Å². The van der Waals surface area contributed by atoms with Crippen molar-refractivity contribution in [1.82, 2.24) is 9.78 Å². The number of anilines is 2. The first-order valence-corrected chi connectivity index (χ1v) is 10.3. The molecule has 0 radical (unpaired) electrons. The maximum atomic E-state index is 13.9. The van der Waals surface area contributed by atoms with Gasteiger partial charge in [-0.1, -0.05) is 23.7 Å². The summed E-state index contributed by atoms with van der Waals surface area (Å²) >= 11 is 5.83. The van der Waals surface area contributed by atoms with Gasteiger partial charge in [0.15, 0.2) is 5.69 Å². The molecule has 1 aliphatic rings. The highest BCUT2D eigenvalue weighted by molar-refractivity contribution is 6.30. The Morgan fingerprint density at radius 2 is 1.68 bits per heavy atom. The number of carbonyl (C=O) groups excluding carboxylic acids is 1. The third kappa shape index (κ3) is 4.54. The van der Waals surface area contributed by atoms with Crippen molar-refractivity contribution in [2.24, 2.45) is 0 Å². The molecule has 0 spiro atoms. The number of benzene rings is 2. The minimum Gasteiger partial charge on any atom is -0.370 e. The van der Waals surface area contributed by atoms with Crippen LogP contribution in [0.25, 0.3) is 5.69 Å². The van der Waals surface area contributed by atoms with Gasteiger partial charge in [-0.05, 0) is 55.7 Å². The first kappa shape index (κ1) is 21.2. The highest BCUT2D eigenvalue weighted by Gasteiger charge is 2.40. The van der Waals surface area contributed by atoms with Crippen LogP contribution >= 0.6 is 11.6 Å². The van der Waals surface area contributed by atoms with E-state index in [0.29, 0.717) is 15.4 Å². The van der Waals surface area contributed by atoms with Gasteiger partial charge < -0.3 is 10.2 Å². The van der Waals surface area contributed by atoms with Crippen molar-refractivity contribution in [3.8, 4) is 5.69 Å². The fraction of sp³-hybridized carbons (Fsp3) is 0.273. The van der Waals surface area contributed by atoms with E-state index in [9.17, 15) is 18.0 Å². The second-order valence-corrected chi connectivity index (χ2v) is 7.75. The van der Waals surface area contributed by atoms with Gasteiger partial charge in [0.2, 0.25) is 0 Å². The maximum Gasteiger partial charge on any atom is 0.434 e. The quantitative estimate of drug-likeness (QED) is 0.549. The molecule has 1 fully saturated rings. The maximum absolute atomic E-state index is 13.9. The first-order chi connectivity index (χ1) is 14.8. The average molecular weight is 449 g/mol. The number of nitrogens with zero attached hydrogens (tertiary/aromatic N) is 3. The fourth-order valence-electron chi connectivity index (χ4n) is 3.75. The number of carbonyl (C=O) groups is 1. The van der Waals surface area contributed by atoms with Gasteiger partial charge in [-0.3, -0.25) is 4.79 Å². The number of rotatable bonds is 4. The molecule has 0 saturated carbocycles. The van der Waals surface area contributed by atoms with Gasteiger partial charge in [0.05, 0.1) is 28.8 Å². The minimum atomic E-state index is -4.78. The Bertz CT molecular complexity index is 1070. The molecule has 1 aliphatic heterocycles. The van der Waals surface area contributed by atoms with Gasteiger partial charge in [0.25, 0.3) is 5.91 Å². The van der Waals surface area contributed by atoms with Crippen molar-refractivity contribution in [3.63, 3.8) is 0 Å². The van der Waals surface area contributed by atoms with Gasteiger partial charge in [-0.2, -0.15) is 18.3 Å². The molecule has 4 rings (SSSR count). The summed E-state index contributed by atoms with van der Waals surface area (Å²) in [5, 5.41) is 6.88. The van der Waals surface area contributed by atoms with E-state index in [1.807, 2.05) is 12.1 Å². The van der Waals surface area contributed by atoms with Gasteiger partial charge in [-0.25, -0.2) is 4.68 Å². The van der Waals surface area contributed by atoms with Crippen LogP contribution in [0.5, 0.6) is 0 Å². The number of halogens is 4. The zero-order chi connectivity index (χ0) is 22.0. The van der Waals surface area contributed by atoms with Crippen LogP contribution in [0, 0.1) is 0 Å². The highest BCUT2D eigenvalue weighted by atomic mass is 35.5. The monoisotopic (exact) mass is 448 g/mol. The lowest BCUT2D eigenvalue weighted by molar-refractivity contribution is -0.143. The Hall–Kier alpha value is -3.00. The Kier molecular flexibility index (Phi) is 5.91. The van der Waals surface area contributed by atoms with Crippen molar-refractivity contribution in [1.29, 1.82) is 0 Å². The lowest BCUT2D eigenvalue weighted by Crippen LogP contribution is -2.30. The Balaban J connectivity index is 1.68. The number of piperidine rings is 1. The summed E-state index contributed by atoms with van der Waals surface area (Å²) in [4.78, 5) is 15.1. The fourth-order valence-corrected chi connectivity index (χ4v) is 3.87. The van der Waals surface area contributed by atoms with E-state index in [0.717, 1.165) is 44.2 Å². The number of nitrogens with one attached hydrogen (secondary N) is 1. The van der Waals surface area contributed by atoms with Crippen molar-refractivity contribution in [2.75, 3.05) is 23.3 Å². The van der Waals surface area contributed by atoms with Crippen LogP contribution in [0.15, 0.2) is 54.7 Å². The Labute approximate surface area is 182 Å². The molecular formula is C22H20ClF3N4O. The molecule has 2 aromatic carbocycles. The predicted molar refractivity (Wildman–Crippen MR) is 114 cm³/mol. The highest BCUT2D eigenvalue weighted by Crippen LogP contribution is 2.35. The number of alkyl halides is 3. The van der Waals surface area contributed by atoms with E-state index in [1.54, 1.807) is 12.1 Å². The van der Waals surface area contributed by atoms with Crippen LogP contribution in [0.2, 0.25) is 5.02 Å². The zero-order valence-electron chi connectivity index (χ0n) is 16.5. The van der Waals surface area contributed by atoms with E-state index in [4.69, 9.17) is 11.6 Å². The smallest absolute Gasteiger partial charge is 0.370 e. The number of amides is 1. The summed E-state index contributed by atoms with van der Waals surface area (Å²) < 4.78 is 42.4. The molecule has 2 heterocycles. The Morgan fingerprint density at radius 3 is 2.35 bits per heavy atom. The molecule has 0 bridgehead atoms. The molecule has 9 heteroatoms. The molecule has 0 unspecified atom stereocenters. The molecular weight excluding hydrogens is 429 g/mol. The lowest BCUT2D eigenvalue weighted by atomic mass is 10.1. The summed E-state index contributed by atoms with van der Waals surface area (Å²) in [7, 11) is 0. The topological polar surface area (TPSA) is 50.2 Å². The van der Waals surface area contributed by atoms with E-state index in [1.165, 1.54) is 24.3 Å². The lowest BCUT2D eigenvalue weighted by Gasteiger charge is -2.30. The predicted octanol–water partition coefficient (Wildman–Crippen LogP) is 5.79. The average Bonchev–Trinajstić information content (AvgIpc) is 3.21. The molecule has 1 saturated heterocycles. The third-order valence-corrected chi connectivity index (χ3v) is 5.45. The third-order valence-electron chi connectivity index (χ3n) is 5.20. The molecule has 5 nitrogen and oxygen atoms in total. The molecule has 3 aromatic rings. The summed E-state index contributed by atoms with van der Waals surface area (Å²) in [6, 6.07) is 12.9. The number of para-hydroxylation sites is 2. The molecule has 1 aromatic heterocycles. The van der Waals surface area contributed by atoms with Crippen molar-refractivity contribution >= 4 is 28.9 Å². The van der Waals surface area contributed by atoms with Crippen LogP contribution in [0.4, 0.5) is 24.5 Å². The summed E-state index contributed by atoms with van der Waals surface area (Å²) in [5.74, 6) is -0.864. The normalized spacial score (nSPS) is 14.5. The summed E-state index contributed by atoms with van der Waals surface area (Å²) in [5.41, 5.74) is -0.251. The second-order valence-electron chi connectivity index (χ2n) is 7.31. The Morgan fingerprint density at radius 1 is 1.00 bits per heavy atom. The molecule has 0 aliphatic carbocycles. The molecule has 1 amide bonds. The SMILES string of the molecule is O=C(Nc1ccccc1N1CCCCC1)c1cnn(-c2ccc(Cl)cc2)c1C(F)(F)F. The molecule has 31 heavy (non-hydrogen) atoms. The first-order valence-electron chi connectivity index (χ1n) is 9.91. The summed E-state index contributed by atoms with van der Waals surface area (Å²) in [6.45, 7) is 1.68. The van der Waals surface area contributed by atoms with E-state index >= 15 is 0 Å². The minimum absolute atomic E-state index is 0.157. The number of hydrogen-bond acceptors (Lipinski definition) is 3. The van der Waals surface area contributed by atoms with Crippen molar-refractivity contribution in [3.05, 3.63) is 71.0 Å². The molecule has 0 atom stereocenters. The van der Waals surface area contributed by atoms with Crippen LogP contribution in [0.3, 0.4) is 0 Å². The standard InChI is InChI=1S/C22H20ClF3N4O/c23-15-8-10-16(11-9-15)30-20(22(24,25)26)17(14-27-30)21(31)28-18-6-2-3-7-19(18)29-12-4-1-5-13-29/h2-3,6-11,14H,1,4-5,12-13H2,(H,28,31). The molecule has 1 N–H and O–H groups in total. The van der Waals surface area contributed by atoms with E-state index in [2.05, 4.69) is 15.3 Å². The van der Waals surface area contributed by atoms with Crippen LogP contribution < -0.4 is 10.2 Å².